The minimum Gasteiger partial charge on any atom is -0.389 e. The highest BCUT2D eigenvalue weighted by molar-refractivity contribution is 5.94. The maximum Gasteiger partial charge on any atom is 0.268 e. The summed E-state index contributed by atoms with van der Waals surface area (Å²) in [5.41, 5.74) is -3.09. The summed E-state index contributed by atoms with van der Waals surface area (Å²) in [5.74, 6) is 4.43. The van der Waals surface area contributed by atoms with Crippen molar-refractivity contribution in [2.75, 3.05) is 13.3 Å². The molecule has 0 aliphatic heterocycles. The zero-order valence-electron chi connectivity index (χ0n) is 17.2. The number of carbonyl (C=O) groups is 2. The fourth-order valence-electron chi connectivity index (χ4n) is 2.71. The van der Waals surface area contributed by atoms with Gasteiger partial charge in [-0.25, -0.2) is 8.78 Å². The number of amides is 1. The molecule has 0 aliphatic carbocycles. The van der Waals surface area contributed by atoms with Crippen molar-refractivity contribution in [2.24, 2.45) is 0 Å². The number of aliphatic hydroxyl groups excluding tert-OH is 1. The molecule has 6 nitrogen and oxygen atoms in total. The average Bonchev–Trinajstić information content (AvgIpc) is 2.77. The highest BCUT2D eigenvalue weighted by Crippen LogP contribution is 2.29. The lowest BCUT2D eigenvalue weighted by molar-refractivity contribution is -0.161. The number of rotatable bonds is 8. The van der Waals surface area contributed by atoms with Gasteiger partial charge in [-0.1, -0.05) is 30.0 Å². The molecule has 2 aromatic carbocycles. The van der Waals surface area contributed by atoms with Crippen LogP contribution in [0.25, 0.3) is 0 Å². The Hall–Kier alpha value is -3.12. The molecule has 2 atom stereocenters. The summed E-state index contributed by atoms with van der Waals surface area (Å²) >= 11 is 0. The van der Waals surface area contributed by atoms with Crippen LogP contribution in [-0.4, -0.2) is 52.7 Å². The van der Waals surface area contributed by atoms with Gasteiger partial charge in [0.05, 0.1) is 6.67 Å². The molecule has 8 heteroatoms. The summed E-state index contributed by atoms with van der Waals surface area (Å²) < 4.78 is 26.5. The van der Waals surface area contributed by atoms with Crippen LogP contribution in [0.3, 0.4) is 0 Å². The average molecular weight is 430 g/mol. The van der Waals surface area contributed by atoms with Gasteiger partial charge >= 0.3 is 0 Å². The van der Waals surface area contributed by atoms with Crippen LogP contribution < -0.4 is 10.6 Å². The second-order valence-corrected chi connectivity index (χ2v) is 7.21. The number of benzene rings is 2. The Balaban J connectivity index is 2.02. The van der Waals surface area contributed by atoms with Crippen LogP contribution in [0.15, 0.2) is 54.6 Å². The molecule has 31 heavy (non-hydrogen) atoms. The maximum absolute atomic E-state index is 13.2. The molecule has 2 aromatic rings. The van der Waals surface area contributed by atoms with Gasteiger partial charge in [-0.2, -0.15) is 0 Å². The third-order valence-corrected chi connectivity index (χ3v) is 5.10. The third-order valence-electron chi connectivity index (χ3n) is 5.10. The Morgan fingerprint density at radius 1 is 1.00 bits per heavy atom. The lowest BCUT2D eigenvalue weighted by atomic mass is 9.79. The molecule has 4 N–H and O–H groups in total. The number of halogens is 2. The second kappa shape index (κ2) is 10.3. The molecular weight excluding hydrogens is 406 g/mol. The van der Waals surface area contributed by atoms with Crippen LogP contribution in [0.2, 0.25) is 0 Å². The second-order valence-electron chi connectivity index (χ2n) is 7.21. The van der Waals surface area contributed by atoms with Crippen LogP contribution in [0.1, 0.15) is 35.3 Å². The van der Waals surface area contributed by atoms with Crippen LogP contribution >= 0.6 is 0 Å². The van der Waals surface area contributed by atoms with Gasteiger partial charge in [0, 0.05) is 16.7 Å². The lowest BCUT2D eigenvalue weighted by Gasteiger charge is -2.41. The zero-order valence-corrected chi connectivity index (χ0v) is 17.2. The van der Waals surface area contributed by atoms with E-state index in [0.29, 0.717) is 11.1 Å². The normalized spacial score (nSPS) is 14.7. The van der Waals surface area contributed by atoms with Crippen LogP contribution in [-0.2, 0) is 4.79 Å². The van der Waals surface area contributed by atoms with E-state index in [2.05, 4.69) is 22.5 Å². The van der Waals surface area contributed by atoms with Crippen molar-refractivity contribution in [1.82, 2.24) is 10.6 Å². The first-order chi connectivity index (χ1) is 14.6. The summed E-state index contributed by atoms with van der Waals surface area (Å²) in [6.45, 7) is 0.393. The Morgan fingerprint density at radius 2 is 1.55 bits per heavy atom. The number of nitrogens with one attached hydrogen (secondary N) is 2. The van der Waals surface area contributed by atoms with Crippen molar-refractivity contribution in [3.8, 4) is 11.8 Å². The highest BCUT2D eigenvalue weighted by Gasteiger charge is 2.54. The number of hydrogen-bond acceptors (Lipinski definition) is 5. The van der Waals surface area contributed by atoms with E-state index in [0.717, 1.165) is 19.4 Å². The zero-order chi connectivity index (χ0) is 23.1. The fraction of sp³-hybridized carbons (Fsp3) is 0.304. The summed E-state index contributed by atoms with van der Waals surface area (Å²) in [6.07, 6.45) is -3.26. The largest absolute Gasteiger partial charge is 0.389 e. The van der Waals surface area contributed by atoms with Crippen LogP contribution in [0.4, 0.5) is 8.78 Å². The number of ketones is 1. The number of alkyl halides is 2. The maximum atomic E-state index is 13.2. The third kappa shape index (κ3) is 5.73. The standard InChI is InChI=1S/C23H24F2N2O4/c1-22(19(29)14-28,23(2,31)21(24)25)27-15-26-20(30)18-12-10-17(11-13-18)9-8-16-6-4-3-5-7-16/h3-7,10-13,21,27-28,31H,14-15H2,1-2H3,(H,26,30). The van der Waals surface area contributed by atoms with Gasteiger partial charge in [-0.15, -0.1) is 0 Å². The number of carbonyl (C=O) groups excluding carboxylic acids is 2. The molecular formula is C23H24F2N2O4. The van der Waals surface area contributed by atoms with Gasteiger partial charge in [-0.05, 0) is 50.2 Å². The van der Waals surface area contributed by atoms with Crippen molar-refractivity contribution < 1.29 is 28.6 Å². The molecule has 1 amide bonds. The lowest BCUT2D eigenvalue weighted by Crippen LogP contribution is -2.69. The van der Waals surface area contributed by atoms with E-state index >= 15 is 0 Å². The molecule has 0 radical (unpaired) electrons. The van der Waals surface area contributed by atoms with Crippen molar-refractivity contribution in [2.45, 2.75) is 31.4 Å². The van der Waals surface area contributed by atoms with E-state index in [-0.39, 0.29) is 6.67 Å². The monoisotopic (exact) mass is 430 g/mol. The first-order valence-corrected chi connectivity index (χ1v) is 9.47. The van der Waals surface area contributed by atoms with Crippen molar-refractivity contribution in [3.63, 3.8) is 0 Å². The highest BCUT2D eigenvalue weighted by atomic mass is 19.3. The van der Waals surface area contributed by atoms with Crippen molar-refractivity contribution in [1.29, 1.82) is 0 Å². The molecule has 0 saturated carbocycles. The Kier molecular flexibility index (Phi) is 8.00. The number of hydrogen-bond donors (Lipinski definition) is 4. The van der Waals surface area contributed by atoms with E-state index in [1.54, 1.807) is 24.3 Å². The summed E-state index contributed by atoms with van der Waals surface area (Å²) in [7, 11) is 0. The van der Waals surface area contributed by atoms with Crippen LogP contribution in [0, 0.1) is 11.8 Å². The minimum atomic E-state index is -3.26. The van der Waals surface area contributed by atoms with Gasteiger partial charge in [-0.3, -0.25) is 14.9 Å². The first-order valence-electron chi connectivity index (χ1n) is 9.47. The number of Topliss-reactive ketones (excluding diaryl/α,β-unsaturated/α-hetero) is 1. The van der Waals surface area contributed by atoms with Gasteiger partial charge in [0.1, 0.15) is 17.7 Å². The van der Waals surface area contributed by atoms with Gasteiger partial charge in [0.25, 0.3) is 12.3 Å². The summed E-state index contributed by atoms with van der Waals surface area (Å²) in [4.78, 5) is 24.3. The Morgan fingerprint density at radius 3 is 2.06 bits per heavy atom. The first kappa shape index (κ1) is 24.2. The van der Waals surface area contributed by atoms with Crippen molar-refractivity contribution >= 4 is 11.7 Å². The Labute approximate surface area is 179 Å². The quantitative estimate of drug-likeness (QED) is 0.378. The van der Waals surface area contributed by atoms with E-state index in [1.807, 2.05) is 30.3 Å². The molecule has 164 valence electrons. The minimum absolute atomic E-state index is 0.294. The fourth-order valence-corrected chi connectivity index (χ4v) is 2.71. The molecule has 2 unspecified atom stereocenters. The predicted octanol–water partition coefficient (Wildman–Crippen LogP) is 1.70. The molecule has 0 saturated heterocycles. The molecule has 0 fully saturated rings. The molecule has 2 rings (SSSR count). The number of aliphatic hydroxyl groups is 2. The van der Waals surface area contributed by atoms with E-state index in [4.69, 9.17) is 5.11 Å². The molecule has 0 bridgehead atoms. The van der Waals surface area contributed by atoms with Gasteiger partial charge in [0.15, 0.2) is 5.78 Å². The van der Waals surface area contributed by atoms with Crippen molar-refractivity contribution in [3.05, 3.63) is 71.3 Å². The Bertz CT molecular complexity index is 967. The predicted molar refractivity (Wildman–Crippen MR) is 111 cm³/mol. The van der Waals surface area contributed by atoms with Crippen LogP contribution in [0.5, 0.6) is 0 Å². The molecule has 0 spiro atoms. The smallest absolute Gasteiger partial charge is 0.268 e. The van der Waals surface area contributed by atoms with E-state index in [9.17, 15) is 23.5 Å². The topological polar surface area (TPSA) is 98.7 Å². The summed E-state index contributed by atoms with van der Waals surface area (Å²) in [5, 5.41) is 24.1. The summed E-state index contributed by atoms with van der Waals surface area (Å²) in [6, 6.07) is 15.8. The van der Waals surface area contributed by atoms with E-state index < -0.39 is 35.9 Å². The SMILES string of the molecule is CC(NCNC(=O)c1ccc(C#Cc2ccccc2)cc1)(C(=O)CO)C(C)(O)C(F)F. The van der Waals surface area contributed by atoms with E-state index in [1.165, 1.54) is 0 Å². The molecule has 0 aliphatic rings. The van der Waals surface area contributed by atoms with Gasteiger partial charge in [0.2, 0.25) is 0 Å². The molecule has 0 aromatic heterocycles. The van der Waals surface area contributed by atoms with Gasteiger partial charge < -0.3 is 15.5 Å². The molecule has 0 heterocycles.